The van der Waals surface area contributed by atoms with Crippen molar-refractivity contribution in [3.05, 3.63) is 59.7 Å². The van der Waals surface area contributed by atoms with E-state index in [4.69, 9.17) is 0 Å². The van der Waals surface area contributed by atoms with Gasteiger partial charge in [-0.15, -0.1) is 0 Å². The average Bonchev–Trinajstić information content (AvgIpc) is 2.70. The minimum Gasteiger partial charge on any atom is -0.268 e. The number of carbonyl (C=O) groups excluding carboxylic acids is 1. The largest absolute Gasteiger partial charge is 0.288 e. The molecule has 0 N–H and O–H groups in total. The van der Waals surface area contributed by atoms with Gasteiger partial charge in [-0.3, -0.25) is 4.79 Å². The van der Waals surface area contributed by atoms with E-state index in [0.29, 0.717) is 17.3 Å². The molecule has 0 bridgehead atoms. The number of thioether (sulfide) groups is 1. The van der Waals surface area contributed by atoms with Crippen LogP contribution in [0.4, 0.5) is 8.78 Å². The van der Waals surface area contributed by atoms with Crippen LogP contribution in [0.15, 0.2) is 58.3 Å². The Morgan fingerprint density at radius 2 is 1.70 bits per heavy atom. The second-order valence-corrected chi connectivity index (χ2v) is 7.66. The number of benzene rings is 2. The third kappa shape index (κ3) is 2.84. The summed E-state index contributed by atoms with van der Waals surface area (Å²) in [4.78, 5) is 12.5. The summed E-state index contributed by atoms with van der Waals surface area (Å²) in [5.41, 5.74) is 0.467. The molecule has 2 aromatic carbocycles. The van der Waals surface area contributed by atoms with Crippen LogP contribution in [0.5, 0.6) is 0 Å². The first-order valence-electron chi connectivity index (χ1n) is 6.60. The standard InChI is InChI=1S/C15H11F2NO3S2/c16-15(17)22-12-7-3-1-5-10(12)9-18-14(19)11-6-2-4-8-13(11)23(18,20)21/h1-8,15H,9H2. The van der Waals surface area contributed by atoms with Crippen LogP contribution in [0, 0.1) is 0 Å². The van der Waals surface area contributed by atoms with Crippen LogP contribution in [0.3, 0.4) is 0 Å². The van der Waals surface area contributed by atoms with Gasteiger partial charge in [0.1, 0.15) is 4.90 Å². The lowest BCUT2D eigenvalue weighted by molar-refractivity contribution is 0.0864. The lowest BCUT2D eigenvalue weighted by Gasteiger charge is -2.17. The summed E-state index contributed by atoms with van der Waals surface area (Å²) in [5, 5.41) is 0. The number of carbonyl (C=O) groups is 1. The Morgan fingerprint density at radius 1 is 1.04 bits per heavy atom. The molecule has 23 heavy (non-hydrogen) atoms. The van der Waals surface area contributed by atoms with Gasteiger partial charge in [-0.1, -0.05) is 42.1 Å². The summed E-state index contributed by atoms with van der Waals surface area (Å²) in [6, 6.07) is 12.1. The van der Waals surface area contributed by atoms with Crippen molar-refractivity contribution >= 4 is 27.7 Å². The molecule has 8 heteroatoms. The van der Waals surface area contributed by atoms with E-state index >= 15 is 0 Å². The Morgan fingerprint density at radius 3 is 2.39 bits per heavy atom. The number of hydrogen-bond acceptors (Lipinski definition) is 4. The van der Waals surface area contributed by atoms with E-state index in [2.05, 4.69) is 0 Å². The van der Waals surface area contributed by atoms with Gasteiger partial charge >= 0.3 is 0 Å². The van der Waals surface area contributed by atoms with Gasteiger partial charge < -0.3 is 0 Å². The van der Waals surface area contributed by atoms with Gasteiger partial charge in [0, 0.05) is 4.90 Å². The number of halogens is 2. The highest BCUT2D eigenvalue weighted by Crippen LogP contribution is 2.34. The normalized spacial score (nSPS) is 16.0. The van der Waals surface area contributed by atoms with E-state index in [0.717, 1.165) is 4.31 Å². The molecule has 1 aliphatic rings. The Labute approximate surface area is 136 Å². The summed E-state index contributed by atoms with van der Waals surface area (Å²) < 4.78 is 50.9. The molecule has 0 unspecified atom stereocenters. The lowest BCUT2D eigenvalue weighted by atomic mass is 10.2. The predicted molar refractivity (Wildman–Crippen MR) is 81.8 cm³/mol. The van der Waals surface area contributed by atoms with Crippen molar-refractivity contribution in [2.24, 2.45) is 0 Å². The highest BCUT2D eigenvalue weighted by atomic mass is 32.2. The molecule has 0 spiro atoms. The van der Waals surface area contributed by atoms with Crippen molar-refractivity contribution in [3.63, 3.8) is 0 Å². The van der Waals surface area contributed by atoms with Gasteiger partial charge in [-0.05, 0) is 23.8 Å². The molecule has 1 aliphatic heterocycles. The molecule has 0 saturated heterocycles. The Balaban J connectivity index is 1.98. The Kier molecular flexibility index (Phi) is 4.11. The maximum atomic E-state index is 12.6. The maximum absolute atomic E-state index is 12.6. The van der Waals surface area contributed by atoms with Crippen LogP contribution in [0.1, 0.15) is 15.9 Å². The van der Waals surface area contributed by atoms with E-state index in [1.807, 2.05) is 0 Å². The maximum Gasteiger partial charge on any atom is 0.288 e. The minimum absolute atomic E-state index is 0.0519. The van der Waals surface area contributed by atoms with Crippen LogP contribution in [-0.4, -0.2) is 24.4 Å². The summed E-state index contributed by atoms with van der Waals surface area (Å²) >= 11 is 0.328. The van der Waals surface area contributed by atoms with Gasteiger partial charge in [0.2, 0.25) is 0 Å². The van der Waals surface area contributed by atoms with Gasteiger partial charge in [0.15, 0.2) is 0 Å². The molecule has 120 valence electrons. The molecule has 0 atom stereocenters. The number of hydrogen-bond donors (Lipinski definition) is 0. The summed E-state index contributed by atoms with van der Waals surface area (Å²) in [5.74, 6) is -3.27. The second-order valence-electron chi connectivity index (χ2n) is 4.80. The molecule has 0 fully saturated rings. The fraction of sp³-hybridized carbons (Fsp3) is 0.133. The molecule has 0 aliphatic carbocycles. The summed E-state index contributed by atoms with van der Waals surface area (Å²) in [6.45, 7) is -0.272. The summed E-state index contributed by atoms with van der Waals surface area (Å²) in [7, 11) is -3.95. The predicted octanol–water partition coefficient (Wildman–Crippen LogP) is 3.35. The van der Waals surface area contributed by atoms with Crippen molar-refractivity contribution in [3.8, 4) is 0 Å². The van der Waals surface area contributed by atoms with Crippen LogP contribution >= 0.6 is 11.8 Å². The SMILES string of the molecule is O=C1c2ccccc2S(=O)(=O)N1Cc1ccccc1SC(F)F. The number of sulfonamides is 1. The fourth-order valence-electron chi connectivity index (χ4n) is 2.39. The van der Waals surface area contributed by atoms with E-state index in [-0.39, 0.29) is 21.9 Å². The number of alkyl halides is 2. The van der Waals surface area contributed by atoms with Gasteiger partial charge in [0.05, 0.1) is 12.1 Å². The zero-order chi connectivity index (χ0) is 16.6. The van der Waals surface area contributed by atoms with Gasteiger partial charge in [-0.2, -0.15) is 8.78 Å². The number of amides is 1. The zero-order valence-corrected chi connectivity index (χ0v) is 13.3. The molecular weight excluding hydrogens is 344 g/mol. The molecule has 0 radical (unpaired) electrons. The summed E-state index contributed by atoms with van der Waals surface area (Å²) in [6.07, 6.45) is 0. The number of rotatable bonds is 4. The average molecular weight is 355 g/mol. The van der Waals surface area contributed by atoms with Crippen LogP contribution in [0.25, 0.3) is 0 Å². The highest BCUT2D eigenvalue weighted by molar-refractivity contribution is 7.99. The van der Waals surface area contributed by atoms with Crippen LogP contribution in [0.2, 0.25) is 0 Å². The first-order valence-corrected chi connectivity index (χ1v) is 8.92. The Bertz CT molecular complexity index is 869. The van der Waals surface area contributed by atoms with E-state index in [1.165, 1.54) is 30.3 Å². The third-order valence-corrected chi connectivity index (χ3v) is 6.03. The lowest BCUT2D eigenvalue weighted by Crippen LogP contribution is -2.29. The van der Waals surface area contributed by atoms with E-state index in [1.54, 1.807) is 18.2 Å². The van der Waals surface area contributed by atoms with Gasteiger partial charge in [-0.25, -0.2) is 12.7 Å². The third-order valence-electron chi connectivity index (χ3n) is 3.41. The molecule has 2 aromatic rings. The quantitative estimate of drug-likeness (QED) is 0.790. The van der Waals surface area contributed by atoms with Crippen molar-refractivity contribution in [1.82, 2.24) is 4.31 Å². The second kappa shape index (κ2) is 5.93. The number of nitrogens with zero attached hydrogens (tertiary/aromatic N) is 1. The molecule has 4 nitrogen and oxygen atoms in total. The van der Waals surface area contributed by atoms with Crippen molar-refractivity contribution in [2.45, 2.75) is 22.1 Å². The fourth-order valence-corrected chi connectivity index (χ4v) is 4.57. The molecule has 0 saturated carbocycles. The zero-order valence-electron chi connectivity index (χ0n) is 11.6. The molecule has 3 rings (SSSR count). The first-order chi connectivity index (χ1) is 10.9. The minimum atomic E-state index is -3.95. The van der Waals surface area contributed by atoms with Crippen LogP contribution < -0.4 is 0 Å². The monoisotopic (exact) mass is 355 g/mol. The van der Waals surface area contributed by atoms with Gasteiger partial charge in [0.25, 0.3) is 21.7 Å². The molecule has 1 heterocycles. The molecule has 0 aromatic heterocycles. The highest BCUT2D eigenvalue weighted by Gasteiger charge is 2.40. The van der Waals surface area contributed by atoms with Crippen LogP contribution in [-0.2, 0) is 16.6 Å². The smallest absolute Gasteiger partial charge is 0.268 e. The number of fused-ring (bicyclic) bond motifs is 1. The topological polar surface area (TPSA) is 54.5 Å². The molecule has 1 amide bonds. The molecular formula is C15H11F2NO3S2. The van der Waals surface area contributed by atoms with E-state index in [9.17, 15) is 22.0 Å². The Hall–Kier alpha value is -1.93. The van der Waals surface area contributed by atoms with Crippen molar-refractivity contribution < 1.29 is 22.0 Å². The van der Waals surface area contributed by atoms with Crippen molar-refractivity contribution in [2.75, 3.05) is 0 Å². The van der Waals surface area contributed by atoms with Crippen molar-refractivity contribution in [1.29, 1.82) is 0 Å². The first kappa shape index (κ1) is 15.9. The van der Waals surface area contributed by atoms with E-state index < -0.39 is 21.7 Å².